The molecule has 2 amide bonds. The van der Waals surface area contributed by atoms with Gasteiger partial charge in [-0.05, 0) is 54.8 Å². The molecule has 2 fully saturated rings. The quantitative estimate of drug-likeness (QED) is 0.519. The fourth-order valence-corrected chi connectivity index (χ4v) is 4.12. The summed E-state index contributed by atoms with van der Waals surface area (Å²) in [4.78, 5) is 27.3. The van der Waals surface area contributed by atoms with E-state index >= 15 is 0 Å². The van der Waals surface area contributed by atoms with E-state index < -0.39 is 0 Å². The maximum atomic E-state index is 12.7. The molecule has 0 heterocycles. The van der Waals surface area contributed by atoms with Crippen LogP contribution < -0.4 is 10.6 Å². The van der Waals surface area contributed by atoms with E-state index in [1.54, 1.807) is 0 Å². The Morgan fingerprint density at radius 2 is 1.62 bits per heavy atom. The van der Waals surface area contributed by atoms with Crippen LogP contribution in [0.2, 0.25) is 0 Å². The summed E-state index contributed by atoms with van der Waals surface area (Å²) >= 11 is 0. The van der Waals surface area contributed by atoms with E-state index in [1.807, 2.05) is 54.6 Å². The minimum absolute atomic E-state index is 0.0169. The Morgan fingerprint density at radius 3 is 2.38 bits per heavy atom. The highest BCUT2D eigenvalue weighted by Gasteiger charge is 2.29. The number of carbonyl (C=O) groups excluding carboxylic acids is 2. The second kappa shape index (κ2) is 9.13. The fraction of sp³-hybridized carbons (Fsp3) is 0.333. The van der Waals surface area contributed by atoms with E-state index in [1.165, 1.54) is 18.4 Å². The van der Waals surface area contributed by atoms with Crippen LogP contribution >= 0.6 is 0 Å². The molecule has 2 aliphatic rings. The van der Waals surface area contributed by atoms with Crippen LogP contribution in [0.1, 0.15) is 48.0 Å². The zero-order chi connectivity index (χ0) is 21.9. The van der Waals surface area contributed by atoms with Gasteiger partial charge in [0.25, 0.3) is 5.91 Å². The summed E-state index contributed by atoms with van der Waals surface area (Å²) in [5, 5.41) is 8.31. The molecule has 0 atom stereocenters. The molecule has 3 aromatic rings. The minimum Gasteiger partial charge on any atom is -0.349 e. The van der Waals surface area contributed by atoms with E-state index in [4.69, 9.17) is 0 Å². The van der Waals surface area contributed by atoms with Gasteiger partial charge in [0, 0.05) is 48.2 Å². The molecule has 0 bridgehead atoms. The molecule has 2 aliphatic carbocycles. The first-order valence-corrected chi connectivity index (χ1v) is 11.6. The molecular formula is C27H29N3O2. The Kier molecular flexibility index (Phi) is 5.91. The highest BCUT2D eigenvalue weighted by atomic mass is 16.2. The zero-order valence-electron chi connectivity index (χ0n) is 18.2. The maximum absolute atomic E-state index is 12.7. The summed E-state index contributed by atoms with van der Waals surface area (Å²) in [5.41, 5.74) is 2.76. The molecule has 5 rings (SSSR count). The summed E-state index contributed by atoms with van der Waals surface area (Å²) in [6.45, 7) is 1.53. The van der Waals surface area contributed by atoms with Crippen LogP contribution in [0.25, 0.3) is 10.8 Å². The van der Waals surface area contributed by atoms with E-state index in [9.17, 15) is 9.59 Å². The molecule has 5 heteroatoms. The molecule has 0 spiro atoms. The Hall–Kier alpha value is -3.18. The Bertz CT molecular complexity index is 1110. The van der Waals surface area contributed by atoms with Crippen molar-refractivity contribution in [3.63, 3.8) is 0 Å². The number of amides is 2. The topological polar surface area (TPSA) is 61.4 Å². The first-order valence-electron chi connectivity index (χ1n) is 11.6. The SMILES string of the molecule is O=C(CCN(Cc1ccc(C(=O)NC2CC2)cc1)C1CC1)Nc1cccc2ccccc12. The van der Waals surface area contributed by atoms with Gasteiger partial charge in [-0.3, -0.25) is 14.5 Å². The zero-order valence-corrected chi connectivity index (χ0v) is 18.2. The number of fused-ring (bicyclic) bond motifs is 1. The van der Waals surface area contributed by atoms with Crippen LogP contribution in [0.4, 0.5) is 5.69 Å². The van der Waals surface area contributed by atoms with Crippen molar-refractivity contribution in [1.82, 2.24) is 10.2 Å². The van der Waals surface area contributed by atoms with Crippen molar-refractivity contribution in [2.45, 2.75) is 50.7 Å². The molecule has 2 saturated carbocycles. The maximum Gasteiger partial charge on any atom is 0.251 e. The largest absolute Gasteiger partial charge is 0.349 e. The number of rotatable bonds is 9. The van der Waals surface area contributed by atoms with E-state index in [0.29, 0.717) is 24.1 Å². The van der Waals surface area contributed by atoms with Gasteiger partial charge in [0.05, 0.1) is 0 Å². The summed E-state index contributed by atoms with van der Waals surface area (Å²) in [7, 11) is 0. The highest BCUT2D eigenvalue weighted by Crippen LogP contribution is 2.29. The second-order valence-corrected chi connectivity index (χ2v) is 8.97. The molecule has 0 unspecified atom stereocenters. The lowest BCUT2D eigenvalue weighted by molar-refractivity contribution is -0.116. The number of carbonyl (C=O) groups is 2. The van der Waals surface area contributed by atoms with Crippen molar-refractivity contribution < 1.29 is 9.59 Å². The number of anilines is 1. The van der Waals surface area contributed by atoms with Gasteiger partial charge < -0.3 is 10.6 Å². The standard InChI is InChI=1S/C27H29N3O2/c31-26(29-25-7-3-5-20-4-1-2-6-24(20)25)16-17-30(23-14-15-23)18-19-8-10-21(11-9-19)27(32)28-22-12-13-22/h1-11,22-23H,12-18H2,(H,28,32)(H,29,31). The van der Waals surface area contributed by atoms with Crippen LogP contribution in [0.5, 0.6) is 0 Å². The van der Waals surface area contributed by atoms with Gasteiger partial charge in [0.15, 0.2) is 0 Å². The first-order chi connectivity index (χ1) is 15.7. The molecule has 0 radical (unpaired) electrons. The van der Waals surface area contributed by atoms with Crippen molar-refractivity contribution in [2.75, 3.05) is 11.9 Å². The van der Waals surface area contributed by atoms with Crippen molar-refractivity contribution in [3.05, 3.63) is 77.9 Å². The Morgan fingerprint density at radius 1 is 0.875 bits per heavy atom. The predicted molar refractivity (Wildman–Crippen MR) is 128 cm³/mol. The van der Waals surface area contributed by atoms with Crippen molar-refractivity contribution in [2.24, 2.45) is 0 Å². The number of hydrogen-bond donors (Lipinski definition) is 2. The summed E-state index contributed by atoms with van der Waals surface area (Å²) in [5.74, 6) is 0.0577. The summed E-state index contributed by atoms with van der Waals surface area (Å²) < 4.78 is 0. The molecule has 0 aromatic heterocycles. The smallest absolute Gasteiger partial charge is 0.251 e. The molecule has 3 aromatic carbocycles. The molecule has 164 valence electrons. The first kappa shape index (κ1) is 20.7. The predicted octanol–water partition coefficient (Wildman–Crippen LogP) is 4.73. The minimum atomic E-state index is 0.0169. The number of hydrogen-bond acceptors (Lipinski definition) is 3. The average Bonchev–Trinajstić information content (AvgIpc) is 3.72. The van der Waals surface area contributed by atoms with E-state index in [-0.39, 0.29) is 11.8 Å². The van der Waals surface area contributed by atoms with Crippen molar-refractivity contribution >= 4 is 28.3 Å². The third-order valence-electron chi connectivity index (χ3n) is 6.27. The second-order valence-electron chi connectivity index (χ2n) is 8.97. The highest BCUT2D eigenvalue weighted by molar-refractivity contribution is 6.02. The van der Waals surface area contributed by atoms with Gasteiger partial charge >= 0.3 is 0 Å². The lowest BCUT2D eigenvalue weighted by Gasteiger charge is -2.22. The molecule has 0 aliphatic heterocycles. The molecule has 5 nitrogen and oxygen atoms in total. The molecular weight excluding hydrogens is 398 g/mol. The lowest BCUT2D eigenvalue weighted by Crippen LogP contribution is -2.29. The van der Waals surface area contributed by atoms with Gasteiger partial charge in [-0.1, -0.05) is 48.5 Å². The Balaban J connectivity index is 1.17. The number of nitrogens with zero attached hydrogens (tertiary/aromatic N) is 1. The van der Waals surface area contributed by atoms with Crippen molar-refractivity contribution in [1.29, 1.82) is 0 Å². The van der Waals surface area contributed by atoms with Crippen molar-refractivity contribution in [3.8, 4) is 0 Å². The van der Waals surface area contributed by atoms with E-state index in [0.717, 1.165) is 42.4 Å². The van der Waals surface area contributed by atoms with Crippen LogP contribution in [0.3, 0.4) is 0 Å². The van der Waals surface area contributed by atoms with Gasteiger partial charge in [-0.25, -0.2) is 0 Å². The molecule has 2 N–H and O–H groups in total. The summed E-state index contributed by atoms with van der Waals surface area (Å²) in [6.07, 6.45) is 5.02. The monoisotopic (exact) mass is 427 g/mol. The van der Waals surface area contributed by atoms with E-state index in [2.05, 4.69) is 27.7 Å². The average molecular weight is 428 g/mol. The van der Waals surface area contributed by atoms with Crippen LogP contribution in [0, 0.1) is 0 Å². The summed E-state index contributed by atoms with van der Waals surface area (Å²) in [6, 6.07) is 22.9. The van der Waals surface area contributed by atoms with Gasteiger partial charge in [-0.15, -0.1) is 0 Å². The lowest BCUT2D eigenvalue weighted by atomic mass is 10.1. The van der Waals surface area contributed by atoms with Crippen LogP contribution in [-0.4, -0.2) is 35.3 Å². The Labute approximate surface area is 188 Å². The van der Waals surface area contributed by atoms with Gasteiger partial charge in [0.2, 0.25) is 5.91 Å². The van der Waals surface area contributed by atoms with Gasteiger partial charge in [0.1, 0.15) is 0 Å². The van der Waals surface area contributed by atoms with Gasteiger partial charge in [-0.2, -0.15) is 0 Å². The molecule has 0 saturated heterocycles. The van der Waals surface area contributed by atoms with Crippen LogP contribution in [-0.2, 0) is 11.3 Å². The molecule has 32 heavy (non-hydrogen) atoms. The third-order valence-corrected chi connectivity index (χ3v) is 6.27. The number of benzene rings is 3. The third kappa shape index (κ3) is 5.17. The normalized spacial score (nSPS) is 15.7. The fourth-order valence-electron chi connectivity index (χ4n) is 4.12. The van der Waals surface area contributed by atoms with Crippen LogP contribution in [0.15, 0.2) is 66.7 Å². The number of nitrogens with one attached hydrogen (secondary N) is 2.